The van der Waals surface area contributed by atoms with E-state index in [0.29, 0.717) is 24.3 Å². The molecule has 1 aromatic rings. The second kappa shape index (κ2) is 9.33. The van der Waals surface area contributed by atoms with Gasteiger partial charge in [-0.05, 0) is 24.3 Å². The third-order valence-electron chi connectivity index (χ3n) is 4.29. The Morgan fingerprint density at radius 1 is 1.38 bits per heavy atom. The number of likely N-dealkylation sites (tertiary alicyclic amines) is 1. The monoisotopic (exact) mass is 381 g/mol. The van der Waals surface area contributed by atoms with E-state index in [9.17, 15) is 19.2 Å². The van der Waals surface area contributed by atoms with Gasteiger partial charge in [-0.2, -0.15) is 0 Å². The van der Waals surface area contributed by atoms with E-state index in [0.717, 1.165) is 0 Å². The van der Waals surface area contributed by atoms with Crippen LogP contribution < -0.4 is 5.32 Å². The van der Waals surface area contributed by atoms with Gasteiger partial charge in [-0.1, -0.05) is 6.07 Å². The predicted molar refractivity (Wildman–Crippen MR) is 95.8 cm³/mol. The summed E-state index contributed by atoms with van der Waals surface area (Å²) >= 11 is 1.32. The minimum Gasteiger partial charge on any atom is -0.481 e. The molecule has 0 aliphatic carbocycles. The molecule has 1 unspecified atom stereocenters. The van der Waals surface area contributed by atoms with Crippen molar-refractivity contribution in [3.8, 4) is 0 Å². The quantitative estimate of drug-likeness (QED) is 0.721. The van der Waals surface area contributed by atoms with E-state index >= 15 is 0 Å². The first kappa shape index (κ1) is 19.9. The molecule has 2 N–H and O–H groups in total. The summed E-state index contributed by atoms with van der Waals surface area (Å²) in [5.74, 6) is -2.17. The van der Waals surface area contributed by atoms with E-state index in [1.807, 2.05) is 0 Å². The molecule has 26 heavy (non-hydrogen) atoms. The van der Waals surface area contributed by atoms with Gasteiger partial charge in [0.1, 0.15) is 0 Å². The van der Waals surface area contributed by atoms with E-state index in [2.05, 4.69) is 5.32 Å². The molecule has 1 fully saturated rings. The maximum atomic E-state index is 12.3. The molecule has 0 spiro atoms. The minimum atomic E-state index is -0.895. The van der Waals surface area contributed by atoms with Crippen LogP contribution in [0.4, 0.5) is 0 Å². The lowest BCUT2D eigenvalue weighted by molar-refractivity contribution is -0.147. The van der Waals surface area contributed by atoms with Crippen molar-refractivity contribution in [3.63, 3.8) is 0 Å². The highest BCUT2D eigenvalue weighted by Gasteiger charge is 2.28. The van der Waals surface area contributed by atoms with Gasteiger partial charge in [0.05, 0.1) is 17.3 Å². The Kier molecular flexibility index (Phi) is 7.14. The zero-order valence-electron chi connectivity index (χ0n) is 14.6. The summed E-state index contributed by atoms with van der Waals surface area (Å²) in [4.78, 5) is 50.7. The van der Waals surface area contributed by atoms with Gasteiger partial charge in [-0.3, -0.25) is 19.2 Å². The summed E-state index contributed by atoms with van der Waals surface area (Å²) in [6.45, 7) is 0.803. The Hall–Kier alpha value is -2.42. The number of aliphatic carboxylic acids is 1. The molecule has 2 rings (SSSR count). The number of hydrogen-bond donors (Lipinski definition) is 2. The number of nitrogens with one attached hydrogen (secondary N) is 1. The van der Waals surface area contributed by atoms with E-state index in [1.54, 1.807) is 17.5 Å². The maximum Gasteiger partial charge on any atom is 0.308 e. The highest BCUT2D eigenvalue weighted by Crippen LogP contribution is 2.16. The van der Waals surface area contributed by atoms with E-state index in [-0.39, 0.29) is 43.8 Å². The van der Waals surface area contributed by atoms with Crippen LogP contribution in [0.5, 0.6) is 0 Å². The fourth-order valence-electron chi connectivity index (χ4n) is 2.77. The molecular formula is C17H23N3O5S. The number of amides is 3. The van der Waals surface area contributed by atoms with Crippen molar-refractivity contribution in [1.82, 2.24) is 15.1 Å². The molecule has 1 aliphatic heterocycles. The molecule has 1 aliphatic rings. The van der Waals surface area contributed by atoms with Gasteiger partial charge in [0.2, 0.25) is 11.8 Å². The van der Waals surface area contributed by atoms with Crippen molar-refractivity contribution in [3.05, 3.63) is 22.4 Å². The molecule has 0 bridgehead atoms. The standard InChI is InChI=1S/C17H23N3O5S/c1-19(11-15(22)20-8-2-4-12(10-20)17(24)25)14(21)6-7-18-16(23)13-5-3-9-26-13/h3,5,9,12H,2,4,6-8,10-11H2,1H3,(H,18,23)(H,24,25). The SMILES string of the molecule is CN(CC(=O)N1CCCC(C(=O)O)C1)C(=O)CCNC(=O)c1cccs1. The van der Waals surface area contributed by atoms with Crippen molar-refractivity contribution < 1.29 is 24.3 Å². The van der Waals surface area contributed by atoms with Gasteiger partial charge in [-0.15, -0.1) is 11.3 Å². The first-order valence-corrected chi connectivity index (χ1v) is 9.32. The summed E-state index contributed by atoms with van der Waals surface area (Å²) in [5, 5.41) is 13.6. The van der Waals surface area contributed by atoms with Crippen LogP contribution in [0.25, 0.3) is 0 Å². The van der Waals surface area contributed by atoms with Crippen LogP contribution in [0, 0.1) is 5.92 Å². The number of thiophene rings is 1. The lowest BCUT2D eigenvalue weighted by atomic mass is 9.98. The van der Waals surface area contributed by atoms with Crippen LogP contribution in [-0.4, -0.2) is 71.8 Å². The summed E-state index contributed by atoms with van der Waals surface area (Å²) < 4.78 is 0. The number of carbonyl (C=O) groups excluding carboxylic acids is 3. The Morgan fingerprint density at radius 3 is 2.81 bits per heavy atom. The molecular weight excluding hydrogens is 358 g/mol. The van der Waals surface area contributed by atoms with Crippen LogP contribution in [0.15, 0.2) is 17.5 Å². The number of carboxylic acid groups (broad SMARTS) is 1. The van der Waals surface area contributed by atoms with Crippen molar-refractivity contribution in [1.29, 1.82) is 0 Å². The third kappa shape index (κ3) is 5.55. The van der Waals surface area contributed by atoms with E-state index < -0.39 is 11.9 Å². The van der Waals surface area contributed by atoms with Gasteiger partial charge >= 0.3 is 5.97 Å². The van der Waals surface area contributed by atoms with Gasteiger partial charge in [-0.25, -0.2) is 0 Å². The highest BCUT2D eigenvalue weighted by atomic mass is 32.1. The topological polar surface area (TPSA) is 107 Å². The summed E-state index contributed by atoms with van der Waals surface area (Å²) in [6, 6.07) is 3.48. The fraction of sp³-hybridized carbons (Fsp3) is 0.529. The molecule has 0 radical (unpaired) electrons. The summed E-state index contributed by atoms with van der Waals surface area (Å²) in [7, 11) is 1.53. The Balaban J connectivity index is 1.73. The lowest BCUT2D eigenvalue weighted by Gasteiger charge is -2.32. The predicted octanol–water partition coefficient (Wildman–Crippen LogP) is 0.650. The van der Waals surface area contributed by atoms with Crippen LogP contribution in [0.2, 0.25) is 0 Å². The molecule has 8 nitrogen and oxygen atoms in total. The lowest BCUT2D eigenvalue weighted by Crippen LogP contribution is -2.47. The normalized spacial score (nSPS) is 16.8. The number of carbonyl (C=O) groups is 4. The smallest absolute Gasteiger partial charge is 0.308 e. The van der Waals surface area contributed by atoms with Crippen LogP contribution in [-0.2, 0) is 14.4 Å². The second-order valence-electron chi connectivity index (χ2n) is 6.25. The van der Waals surface area contributed by atoms with E-state index in [4.69, 9.17) is 5.11 Å². The Bertz CT molecular complexity index is 661. The molecule has 0 aromatic carbocycles. The Labute approximate surface area is 155 Å². The molecule has 0 saturated carbocycles. The second-order valence-corrected chi connectivity index (χ2v) is 7.20. The summed E-state index contributed by atoms with van der Waals surface area (Å²) in [6.07, 6.45) is 1.31. The zero-order chi connectivity index (χ0) is 19.1. The van der Waals surface area contributed by atoms with Gasteiger partial charge in [0.15, 0.2) is 0 Å². The average molecular weight is 381 g/mol. The number of likely N-dealkylation sites (N-methyl/N-ethyl adjacent to an activating group) is 1. The van der Waals surface area contributed by atoms with Crippen LogP contribution in [0.3, 0.4) is 0 Å². The Morgan fingerprint density at radius 2 is 2.15 bits per heavy atom. The van der Waals surface area contributed by atoms with E-state index in [1.165, 1.54) is 28.2 Å². The third-order valence-corrected chi connectivity index (χ3v) is 5.16. The first-order valence-electron chi connectivity index (χ1n) is 8.44. The largest absolute Gasteiger partial charge is 0.481 e. The van der Waals surface area contributed by atoms with Crippen molar-refractivity contribution >= 4 is 35.0 Å². The number of rotatable bonds is 7. The number of nitrogens with zero attached hydrogens (tertiary/aromatic N) is 2. The minimum absolute atomic E-state index is 0.0932. The number of hydrogen-bond acceptors (Lipinski definition) is 5. The van der Waals surface area contributed by atoms with Gasteiger partial charge in [0, 0.05) is 33.1 Å². The van der Waals surface area contributed by atoms with Crippen molar-refractivity contribution in [2.75, 3.05) is 33.2 Å². The highest BCUT2D eigenvalue weighted by molar-refractivity contribution is 7.12. The average Bonchev–Trinajstić information content (AvgIpc) is 3.16. The summed E-state index contributed by atoms with van der Waals surface area (Å²) in [5.41, 5.74) is 0. The molecule has 1 atom stereocenters. The van der Waals surface area contributed by atoms with Gasteiger partial charge < -0.3 is 20.2 Å². The first-order chi connectivity index (χ1) is 12.4. The van der Waals surface area contributed by atoms with Crippen LogP contribution in [0.1, 0.15) is 28.9 Å². The molecule has 1 saturated heterocycles. The molecule has 142 valence electrons. The van der Waals surface area contributed by atoms with Gasteiger partial charge in [0.25, 0.3) is 5.91 Å². The molecule has 9 heteroatoms. The molecule has 2 heterocycles. The number of piperidine rings is 1. The molecule has 1 aromatic heterocycles. The maximum absolute atomic E-state index is 12.3. The van der Waals surface area contributed by atoms with Crippen molar-refractivity contribution in [2.45, 2.75) is 19.3 Å². The number of carboxylic acids is 1. The zero-order valence-corrected chi connectivity index (χ0v) is 15.5. The molecule has 3 amide bonds. The van der Waals surface area contributed by atoms with Crippen LogP contribution >= 0.6 is 11.3 Å². The van der Waals surface area contributed by atoms with Crippen molar-refractivity contribution in [2.24, 2.45) is 5.92 Å². The fourth-order valence-corrected chi connectivity index (χ4v) is 3.41.